The minimum atomic E-state index is -0.0143. The fourth-order valence-electron chi connectivity index (χ4n) is 2.18. The molecule has 4 heteroatoms. The summed E-state index contributed by atoms with van der Waals surface area (Å²) in [5.41, 5.74) is 8.32. The highest BCUT2D eigenvalue weighted by atomic mass is 79.9. The van der Waals surface area contributed by atoms with Crippen molar-refractivity contribution in [3.8, 4) is 11.5 Å². The van der Waals surface area contributed by atoms with Crippen LogP contribution in [0.4, 0.5) is 0 Å². The summed E-state index contributed by atoms with van der Waals surface area (Å²) in [6, 6.07) is 2.03. The molecule has 1 unspecified atom stereocenters. The molecule has 1 heterocycles. The van der Waals surface area contributed by atoms with Gasteiger partial charge in [0.05, 0.1) is 4.47 Å². The van der Waals surface area contributed by atoms with Crippen molar-refractivity contribution in [2.24, 2.45) is 5.73 Å². The normalized spacial score (nSPS) is 16.1. The van der Waals surface area contributed by atoms with Crippen molar-refractivity contribution < 1.29 is 9.47 Å². The van der Waals surface area contributed by atoms with E-state index in [-0.39, 0.29) is 6.04 Å². The average Bonchev–Trinajstić information content (AvgIpc) is 2.28. The first-order valence-corrected chi connectivity index (χ1v) is 6.69. The van der Waals surface area contributed by atoms with E-state index >= 15 is 0 Å². The molecule has 0 fully saturated rings. The van der Waals surface area contributed by atoms with Gasteiger partial charge in [-0.15, -0.1) is 0 Å². The van der Waals surface area contributed by atoms with E-state index in [0.29, 0.717) is 19.1 Å². The summed E-state index contributed by atoms with van der Waals surface area (Å²) in [6.45, 7) is 7.48. The Morgan fingerprint density at radius 1 is 1.18 bits per heavy atom. The van der Waals surface area contributed by atoms with Crippen molar-refractivity contribution in [3.05, 3.63) is 21.7 Å². The Morgan fingerprint density at radius 2 is 1.76 bits per heavy atom. The van der Waals surface area contributed by atoms with E-state index in [2.05, 4.69) is 29.8 Å². The van der Waals surface area contributed by atoms with Crippen molar-refractivity contribution in [1.29, 1.82) is 0 Å². The lowest BCUT2D eigenvalue weighted by Gasteiger charge is -2.27. The first kappa shape index (κ1) is 12.7. The summed E-state index contributed by atoms with van der Waals surface area (Å²) in [5, 5.41) is 0. The molecule has 1 atom stereocenters. The van der Waals surface area contributed by atoms with Gasteiger partial charge < -0.3 is 15.2 Å². The van der Waals surface area contributed by atoms with E-state index in [9.17, 15) is 0 Å². The lowest BCUT2D eigenvalue weighted by Crippen LogP contribution is -2.19. The first-order chi connectivity index (χ1) is 8.02. The van der Waals surface area contributed by atoms with E-state index in [4.69, 9.17) is 15.2 Å². The second kappa shape index (κ2) is 4.86. The number of fused-ring (bicyclic) bond motifs is 1. The van der Waals surface area contributed by atoms with Crippen LogP contribution in [-0.4, -0.2) is 13.2 Å². The zero-order valence-corrected chi connectivity index (χ0v) is 12.0. The summed E-state index contributed by atoms with van der Waals surface area (Å²) in [4.78, 5) is 0. The summed E-state index contributed by atoms with van der Waals surface area (Å²) < 4.78 is 12.4. The van der Waals surface area contributed by atoms with Gasteiger partial charge in [0.1, 0.15) is 13.2 Å². The van der Waals surface area contributed by atoms with Gasteiger partial charge in [-0.1, -0.05) is 13.8 Å². The van der Waals surface area contributed by atoms with E-state index in [0.717, 1.165) is 27.1 Å². The van der Waals surface area contributed by atoms with Crippen molar-refractivity contribution >= 4 is 15.9 Å². The van der Waals surface area contributed by atoms with Crippen LogP contribution in [0.25, 0.3) is 0 Å². The van der Waals surface area contributed by atoms with Gasteiger partial charge in [0.25, 0.3) is 0 Å². The van der Waals surface area contributed by atoms with Crippen molar-refractivity contribution in [2.45, 2.75) is 32.7 Å². The largest absolute Gasteiger partial charge is 0.486 e. The molecule has 17 heavy (non-hydrogen) atoms. The van der Waals surface area contributed by atoms with Crippen molar-refractivity contribution in [2.75, 3.05) is 13.2 Å². The summed E-state index contributed by atoms with van der Waals surface area (Å²) >= 11 is 3.52. The Labute approximate surface area is 110 Å². The van der Waals surface area contributed by atoms with Crippen molar-refractivity contribution in [1.82, 2.24) is 0 Å². The van der Waals surface area contributed by atoms with Crippen LogP contribution in [0, 0.1) is 0 Å². The predicted octanol–water partition coefficient (Wildman–Crippen LogP) is 3.36. The summed E-state index contributed by atoms with van der Waals surface area (Å²) in [5.74, 6) is 2.02. The average molecular weight is 300 g/mol. The SMILES string of the molecule is CC(C)c1c(C(C)N)cc(Br)c2c1OCCO2. The highest BCUT2D eigenvalue weighted by molar-refractivity contribution is 9.10. The van der Waals surface area contributed by atoms with Crippen LogP contribution in [0.15, 0.2) is 10.5 Å². The minimum absolute atomic E-state index is 0.0143. The van der Waals surface area contributed by atoms with Gasteiger partial charge in [-0.2, -0.15) is 0 Å². The lowest BCUT2D eigenvalue weighted by molar-refractivity contribution is 0.168. The fourth-order valence-corrected chi connectivity index (χ4v) is 2.72. The molecule has 0 amide bonds. The highest BCUT2D eigenvalue weighted by Gasteiger charge is 2.25. The highest BCUT2D eigenvalue weighted by Crippen LogP contribution is 2.46. The molecule has 1 aromatic carbocycles. The predicted molar refractivity (Wildman–Crippen MR) is 71.8 cm³/mol. The maximum Gasteiger partial charge on any atom is 0.175 e. The van der Waals surface area contributed by atoms with Crippen molar-refractivity contribution in [3.63, 3.8) is 0 Å². The molecule has 1 aliphatic heterocycles. The molecule has 0 saturated carbocycles. The molecule has 0 saturated heterocycles. The van der Waals surface area contributed by atoms with Crippen LogP contribution in [0.3, 0.4) is 0 Å². The van der Waals surface area contributed by atoms with Crippen LogP contribution < -0.4 is 15.2 Å². The maximum absolute atomic E-state index is 6.04. The zero-order valence-electron chi connectivity index (χ0n) is 10.4. The molecule has 1 aliphatic rings. The number of halogens is 1. The van der Waals surface area contributed by atoms with Gasteiger partial charge in [0, 0.05) is 11.6 Å². The molecular formula is C13H18BrNO2. The minimum Gasteiger partial charge on any atom is -0.486 e. The van der Waals surface area contributed by atoms with Gasteiger partial charge in [0.2, 0.25) is 0 Å². The molecular weight excluding hydrogens is 282 g/mol. The van der Waals surface area contributed by atoms with E-state index in [1.165, 1.54) is 0 Å². The van der Waals surface area contributed by atoms with Crippen LogP contribution >= 0.6 is 15.9 Å². The molecule has 3 nitrogen and oxygen atoms in total. The second-order valence-electron chi connectivity index (χ2n) is 4.66. The Morgan fingerprint density at radius 3 is 2.29 bits per heavy atom. The van der Waals surface area contributed by atoms with E-state index in [1.54, 1.807) is 0 Å². The first-order valence-electron chi connectivity index (χ1n) is 5.89. The molecule has 1 aromatic rings. The van der Waals surface area contributed by atoms with Gasteiger partial charge in [-0.25, -0.2) is 0 Å². The van der Waals surface area contributed by atoms with E-state index < -0.39 is 0 Å². The Hall–Kier alpha value is -0.740. The summed E-state index contributed by atoms with van der Waals surface area (Å²) in [6.07, 6.45) is 0. The molecule has 94 valence electrons. The molecule has 0 spiro atoms. The molecule has 0 aromatic heterocycles. The molecule has 0 bridgehead atoms. The smallest absolute Gasteiger partial charge is 0.175 e. The van der Waals surface area contributed by atoms with Crippen LogP contribution in [0.2, 0.25) is 0 Å². The third-order valence-electron chi connectivity index (χ3n) is 2.91. The van der Waals surface area contributed by atoms with Gasteiger partial charge in [-0.05, 0) is 40.4 Å². The third-order valence-corrected chi connectivity index (χ3v) is 3.49. The van der Waals surface area contributed by atoms with Gasteiger partial charge >= 0.3 is 0 Å². The van der Waals surface area contributed by atoms with Gasteiger partial charge in [-0.3, -0.25) is 0 Å². The Kier molecular flexibility index (Phi) is 3.64. The number of rotatable bonds is 2. The zero-order chi connectivity index (χ0) is 12.6. The Balaban J connectivity index is 2.66. The van der Waals surface area contributed by atoms with Gasteiger partial charge in [0.15, 0.2) is 11.5 Å². The standard InChI is InChI=1S/C13H18BrNO2/c1-7(2)11-9(8(3)15)6-10(14)12-13(11)17-5-4-16-12/h6-8H,4-5,15H2,1-3H3. The third kappa shape index (κ3) is 2.29. The van der Waals surface area contributed by atoms with Crippen LogP contribution in [-0.2, 0) is 0 Å². The fraction of sp³-hybridized carbons (Fsp3) is 0.538. The molecule has 0 aliphatic carbocycles. The Bertz CT molecular complexity index is 430. The van der Waals surface area contributed by atoms with Crippen LogP contribution in [0.5, 0.6) is 11.5 Å². The topological polar surface area (TPSA) is 44.5 Å². The molecule has 2 N–H and O–H groups in total. The number of ether oxygens (including phenoxy) is 2. The quantitative estimate of drug-likeness (QED) is 0.911. The maximum atomic E-state index is 6.04. The number of hydrogen-bond acceptors (Lipinski definition) is 3. The van der Waals surface area contributed by atoms with Crippen LogP contribution in [0.1, 0.15) is 43.9 Å². The lowest BCUT2D eigenvalue weighted by atomic mass is 9.92. The molecule has 2 rings (SSSR count). The second-order valence-corrected chi connectivity index (χ2v) is 5.51. The monoisotopic (exact) mass is 299 g/mol. The number of nitrogens with two attached hydrogens (primary N) is 1. The van der Waals surface area contributed by atoms with E-state index in [1.807, 2.05) is 13.0 Å². The number of benzene rings is 1. The summed E-state index contributed by atoms with van der Waals surface area (Å²) in [7, 11) is 0. The number of hydrogen-bond donors (Lipinski definition) is 1. The molecule has 0 radical (unpaired) electrons.